The second-order valence-electron chi connectivity index (χ2n) is 9.99. The van der Waals surface area contributed by atoms with Crippen molar-refractivity contribution in [3.63, 3.8) is 0 Å². The van der Waals surface area contributed by atoms with Gasteiger partial charge in [-0.2, -0.15) is 0 Å². The van der Waals surface area contributed by atoms with Gasteiger partial charge in [-0.15, -0.1) is 0 Å². The third-order valence-corrected chi connectivity index (χ3v) is 7.64. The van der Waals surface area contributed by atoms with Crippen molar-refractivity contribution >= 4 is 11.8 Å². The fourth-order valence-corrected chi connectivity index (χ4v) is 5.76. The minimum absolute atomic E-state index is 0.0820. The standard InChI is InChI=1S/C27H28FN3O4/c1-15-3-2-4-22(28)24(15)25-21(26(35-30-25)16-5-6-16)14-34-20-11-18-8-9-19(12-20)31(18)23-10-7-17(13-29-23)27(32)33/h2-4,7,10,13,16,18-20H,5-6,8-9,11-12,14H2,1H3,(H,32,33). The van der Waals surface area contributed by atoms with Crippen LogP contribution < -0.4 is 4.90 Å². The van der Waals surface area contributed by atoms with Crippen molar-refractivity contribution in [2.24, 2.45) is 0 Å². The van der Waals surface area contributed by atoms with Gasteiger partial charge in [0.05, 0.1) is 18.3 Å². The molecule has 2 aromatic heterocycles. The number of anilines is 1. The topological polar surface area (TPSA) is 88.7 Å². The number of carboxylic acid groups (broad SMARTS) is 1. The van der Waals surface area contributed by atoms with Crippen LogP contribution in [0.1, 0.15) is 71.7 Å². The summed E-state index contributed by atoms with van der Waals surface area (Å²) in [6, 6.07) is 9.09. The highest BCUT2D eigenvalue weighted by Gasteiger charge is 2.42. The fourth-order valence-electron chi connectivity index (χ4n) is 5.76. The third kappa shape index (κ3) is 4.10. The zero-order chi connectivity index (χ0) is 24.1. The number of ether oxygens (including phenoxy) is 1. The summed E-state index contributed by atoms with van der Waals surface area (Å²) < 4.78 is 26.9. The number of carboxylic acids is 1. The number of aromatic carboxylic acids is 1. The van der Waals surface area contributed by atoms with E-state index in [4.69, 9.17) is 14.4 Å². The highest BCUT2D eigenvalue weighted by molar-refractivity contribution is 5.87. The molecule has 7 nitrogen and oxygen atoms in total. The largest absolute Gasteiger partial charge is 0.478 e. The molecule has 35 heavy (non-hydrogen) atoms. The number of rotatable bonds is 7. The first-order valence-corrected chi connectivity index (χ1v) is 12.3. The molecule has 2 aliphatic heterocycles. The Bertz CT molecular complexity index is 1220. The Morgan fingerprint density at radius 1 is 1.17 bits per heavy atom. The minimum Gasteiger partial charge on any atom is -0.478 e. The van der Waals surface area contributed by atoms with Crippen LogP contribution in [0.25, 0.3) is 11.3 Å². The summed E-state index contributed by atoms with van der Waals surface area (Å²) in [5.74, 6) is 0.747. The van der Waals surface area contributed by atoms with E-state index in [-0.39, 0.29) is 17.5 Å². The van der Waals surface area contributed by atoms with Crippen LogP contribution >= 0.6 is 0 Å². The Kier molecular flexibility index (Phi) is 5.56. The van der Waals surface area contributed by atoms with Crippen LogP contribution in [0.2, 0.25) is 0 Å². The minimum atomic E-state index is -0.969. The van der Waals surface area contributed by atoms with Crippen LogP contribution in [-0.4, -0.2) is 39.4 Å². The summed E-state index contributed by atoms with van der Waals surface area (Å²) in [4.78, 5) is 17.9. The van der Waals surface area contributed by atoms with Crippen molar-refractivity contribution in [3.05, 3.63) is 64.8 Å². The molecule has 3 fully saturated rings. The monoisotopic (exact) mass is 477 g/mol. The summed E-state index contributed by atoms with van der Waals surface area (Å²) in [6.07, 6.45) is 7.51. The lowest BCUT2D eigenvalue weighted by atomic mass is 9.98. The van der Waals surface area contributed by atoms with E-state index in [9.17, 15) is 9.18 Å². The molecule has 1 saturated carbocycles. The Labute approximate surface area is 202 Å². The van der Waals surface area contributed by atoms with Gasteiger partial charge in [0.25, 0.3) is 0 Å². The number of halogens is 1. The number of benzene rings is 1. The number of nitrogens with zero attached hydrogens (tertiary/aromatic N) is 3. The Hall–Kier alpha value is -3.26. The van der Waals surface area contributed by atoms with Gasteiger partial charge in [-0.3, -0.25) is 0 Å². The van der Waals surface area contributed by atoms with Crippen molar-refractivity contribution < 1.29 is 23.6 Å². The smallest absolute Gasteiger partial charge is 0.337 e. The molecule has 4 heterocycles. The average Bonchev–Trinajstić information content (AvgIpc) is 3.55. The zero-order valence-electron chi connectivity index (χ0n) is 19.6. The lowest BCUT2D eigenvalue weighted by Crippen LogP contribution is -2.46. The molecule has 1 aliphatic carbocycles. The number of aryl methyl sites for hydroxylation is 1. The Morgan fingerprint density at radius 3 is 2.57 bits per heavy atom. The summed E-state index contributed by atoms with van der Waals surface area (Å²) in [7, 11) is 0. The molecule has 0 radical (unpaired) electrons. The molecule has 3 aromatic rings. The first-order valence-electron chi connectivity index (χ1n) is 12.3. The molecular weight excluding hydrogens is 449 g/mol. The van der Waals surface area contributed by atoms with Gasteiger partial charge in [-0.05, 0) is 69.2 Å². The van der Waals surface area contributed by atoms with E-state index in [1.165, 1.54) is 12.3 Å². The zero-order valence-corrected chi connectivity index (χ0v) is 19.6. The number of aromatic nitrogens is 2. The molecule has 3 aliphatic rings. The predicted octanol–water partition coefficient (Wildman–Crippen LogP) is 5.48. The highest BCUT2D eigenvalue weighted by atomic mass is 19.1. The van der Waals surface area contributed by atoms with Crippen molar-refractivity contribution in [3.8, 4) is 11.3 Å². The molecule has 2 atom stereocenters. The van der Waals surface area contributed by atoms with E-state index in [1.807, 2.05) is 13.0 Å². The SMILES string of the molecule is Cc1cccc(F)c1-c1noc(C2CC2)c1COC1CC2CCC(C1)N2c1ccc(C(=O)O)cn1. The maximum atomic E-state index is 14.8. The molecule has 2 saturated heterocycles. The quantitative estimate of drug-likeness (QED) is 0.482. The van der Waals surface area contributed by atoms with Gasteiger partial charge in [-0.25, -0.2) is 14.2 Å². The maximum absolute atomic E-state index is 14.8. The molecule has 0 spiro atoms. The van der Waals surface area contributed by atoms with Gasteiger partial charge in [0.15, 0.2) is 0 Å². The number of piperidine rings is 1. The first-order chi connectivity index (χ1) is 17.0. The van der Waals surface area contributed by atoms with Crippen LogP contribution in [0.5, 0.6) is 0 Å². The van der Waals surface area contributed by atoms with Gasteiger partial charge in [0, 0.05) is 35.3 Å². The molecule has 6 rings (SSSR count). The molecule has 0 amide bonds. The summed E-state index contributed by atoms with van der Waals surface area (Å²) in [6.45, 7) is 2.24. The number of carbonyl (C=O) groups is 1. The van der Waals surface area contributed by atoms with Crippen LogP contribution in [0.3, 0.4) is 0 Å². The average molecular weight is 478 g/mol. The normalized spacial score (nSPS) is 23.6. The molecular formula is C27H28FN3O4. The van der Waals surface area contributed by atoms with E-state index in [2.05, 4.69) is 15.0 Å². The summed E-state index contributed by atoms with van der Waals surface area (Å²) in [5, 5.41) is 13.4. The van der Waals surface area contributed by atoms with Gasteiger partial charge in [-0.1, -0.05) is 17.3 Å². The van der Waals surface area contributed by atoms with Crippen molar-refractivity contribution in [1.29, 1.82) is 0 Å². The number of pyridine rings is 1. The number of fused-ring (bicyclic) bond motifs is 2. The highest BCUT2D eigenvalue weighted by Crippen LogP contribution is 2.45. The number of hydrogen-bond acceptors (Lipinski definition) is 6. The van der Waals surface area contributed by atoms with E-state index in [1.54, 1.807) is 18.2 Å². The van der Waals surface area contributed by atoms with Crippen LogP contribution in [0.15, 0.2) is 41.1 Å². The van der Waals surface area contributed by atoms with Crippen LogP contribution in [0, 0.1) is 12.7 Å². The van der Waals surface area contributed by atoms with Gasteiger partial charge in [0.1, 0.15) is 23.1 Å². The summed E-state index contributed by atoms with van der Waals surface area (Å²) in [5.41, 5.74) is 2.95. The number of hydrogen-bond donors (Lipinski definition) is 1. The molecule has 8 heteroatoms. The fraction of sp³-hybridized carbons (Fsp3) is 0.444. The van der Waals surface area contributed by atoms with Gasteiger partial charge >= 0.3 is 5.97 Å². The van der Waals surface area contributed by atoms with Gasteiger partial charge in [0.2, 0.25) is 0 Å². The maximum Gasteiger partial charge on any atom is 0.337 e. The molecule has 1 aromatic carbocycles. The first kappa shape index (κ1) is 22.2. The lowest BCUT2D eigenvalue weighted by Gasteiger charge is -2.39. The van der Waals surface area contributed by atoms with E-state index in [0.29, 0.717) is 35.9 Å². The van der Waals surface area contributed by atoms with Crippen LogP contribution in [-0.2, 0) is 11.3 Å². The molecule has 182 valence electrons. The Balaban J connectivity index is 1.19. The van der Waals surface area contributed by atoms with Crippen LogP contribution in [0.4, 0.5) is 10.2 Å². The van der Waals surface area contributed by atoms with Crippen molar-refractivity contribution in [2.75, 3.05) is 4.90 Å². The van der Waals surface area contributed by atoms with E-state index >= 15 is 0 Å². The van der Waals surface area contributed by atoms with Crippen molar-refractivity contribution in [1.82, 2.24) is 10.1 Å². The molecule has 1 N–H and O–H groups in total. The van der Waals surface area contributed by atoms with Crippen molar-refractivity contribution in [2.45, 2.75) is 76.2 Å². The van der Waals surface area contributed by atoms with Gasteiger partial charge < -0.3 is 19.3 Å². The Morgan fingerprint density at radius 2 is 1.94 bits per heavy atom. The summed E-state index contributed by atoms with van der Waals surface area (Å²) >= 11 is 0. The second kappa shape index (κ2) is 8.75. The van der Waals surface area contributed by atoms with E-state index < -0.39 is 5.97 Å². The molecule has 2 unspecified atom stereocenters. The molecule has 2 bridgehead atoms. The van der Waals surface area contributed by atoms with E-state index in [0.717, 1.165) is 61.2 Å². The second-order valence-corrected chi connectivity index (χ2v) is 9.99. The lowest BCUT2D eigenvalue weighted by molar-refractivity contribution is 0.0146. The third-order valence-electron chi connectivity index (χ3n) is 7.64. The predicted molar refractivity (Wildman–Crippen MR) is 127 cm³/mol.